The number of methoxy groups -OCH3 is 1. The van der Waals surface area contributed by atoms with Gasteiger partial charge in [-0.05, 0) is 42.8 Å². The van der Waals surface area contributed by atoms with E-state index in [0.717, 1.165) is 37.0 Å². The van der Waals surface area contributed by atoms with Gasteiger partial charge in [0.25, 0.3) is 0 Å². The highest BCUT2D eigenvalue weighted by Crippen LogP contribution is 2.32. The van der Waals surface area contributed by atoms with Crippen LogP contribution in [0.1, 0.15) is 18.4 Å². The number of benzene rings is 2. The molecule has 1 N–H and O–H groups in total. The molecule has 4 rings (SSSR count). The average molecular weight is 376 g/mol. The largest absolute Gasteiger partial charge is 0.496 e. The van der Waals surface area contributed by atoms with E-state index in [4.69, 9.17) is 9.15 Å². The summed E-state index contributed by atoms with van der Waals surface area (Å²) in [5.74, 6) is 0.701. The number of hydrogen-bond donors (Lipinski definition) is 1. The van der Waals surface area contributed by atoms with Crippen molar-refractivity contribution >= 4 is 22.7 Å². The van der Waals surface area contributed by atoms with Crippen LogP contribution in [0.3, 0.4) is 0 Å². The van der Waals surface area contributed by atoms with Gasteiger partial charge in [-0.15, -0.1) is 0 Å². The SMILES string of the molecule is COc1cccc2oc(=O)cc(NC3CCN(/C=C/c4ccccc4)CC3)c12. The van der Waals surface area contributed by atoms with Gasteiger partial charge in [-0.25, -0.2) is 4.79 Å². The maximum atomic E-state index is 12.0. The molecule has 1 aromatic heterocycles. The van der Waals surface area contributed by atoms with Gasteiger partial charge < -0.3 is 19.4 Å². The van der Waals surface area contributed by atoms with Gasteiger partial charge in [0.2, 0.25) is 0 Å². The summed E-state index contributed by atoms with van der Waals surface area (Å²) in [4.78, 5) is 14.3. The number of piperidine rings is 1. The lowest BCUT2D eigenvalue weighted by atomic mass is 10.0. The zero-order chi connectivity index (χ0) is 19.3. The van der Waals surface area contributed by atoms with E-state index in [1.165, 1.54) is 11.6 Å². The number of nitrogens with one attached hydrogen (secondary N) is 1. The number of nitrogens with zero attached hydrogens (tertiary/aromatic N) is 1. The summed E-state index contributed by atoms with van der Waals surface area (Å²) < 4.78 is 10.8. The van der Waals surface area contributed by atoms with Crippen molar-refractivity contribution in [2.75, 3.05) is 25.5 Å². The van der Waals surface area contributed by atoms with E-state index in [9.17, 15) is 4.79 Å². The molecule has 5 nitrogen and oxygen atoms in total. The molecule has 144 valence electrons. The summed E-state index contributed by atoms with van der Waals surface area (Å²) >= 11 is 0. The van der Waals surface area contributed by atoms with Gasteiger partial charge in [0.05, 0.1) is 18.2 Å². The molecule has 0 saturated carbocycles. The molecule has 0 atom stereocenters. The standard InChI is InChI=1S/C23H24N2O3/c1-27-20-8-5-9-21-23(20)19(16-22(26)28-21)24-18-11-14-25(15-12-18)13-10-17-6-3-2-4-7-17/h2-10,13,16,18,24H,11-12,14-15H2,1H3/b13-10+. The Labute approximate surface area is 164 Å². The monoisotopic (exact) mass is 376 g/mol. The molecule has 0 aliphatic carbocycles. The van der Waals surface area contributed by atoms with Crippen LogP contribution in [-0.2, 0) is 0 Å². The molecule has 1 fully saturated rings. The summed E-state index contributed by atoms with van der Waals surface area (Å²) in [6, 6.07) is 17.6. The Morgan fingerprint density at radius 3 is 2.64 bits per heavy atom. The van der Waals surface area contributed by atoms with Crippen LogP contribution in [0.2, 0.25) is 0 Å². The molecule has 5 heteroatoms. The summed E-state index contributed by atoms with van der Waals surface area (Å²) in [6.07, 6.45) is 6.31. The zero-order valence-corrected chi connectivity index (χ0v) is 15.9. The molecule has 0 spiro atoms. The number of anilines is 1. The first-order valence-electron chi connectivity index (χ1n) is 9.57. The second-order valence-corrected chi connectivity index (χ2v) is 6.99. The first kappa shape index (κ1) is 18.2. The quantitative estimate of drug-likeness (QED) is 0.671. The zero-order valence-electron chi connectivity index (χ0n) is 15.9. The predicted octanol–water partition coefficient (Wildman–Crippen LogP) is 4.35. The highest BCUT2D eigenvalue weighted by atomic mass is 16.5. The summed E-state index contributed by atoms with van der Waals surface area (Å²) in [5.41, 5.74) is 2.17. The Hall–Kier alpha value is -3.21. The van der Waals surface area contributed by atoms with Crippen LogP contribution in [-0.4, -0.2) is 31.1 Å². The van der Waals surface area contributed by atoms with Crippen LogP contribution in [0.25, 0.3) is 17.0 Å². The maximum Gasteiger partial charge on any atom is 0.338 e. The van der Waals surface area contributed by atoms with Crippen LogP contribution in [0.4, 0.5) is 5.69 Å². The molecule has 1 aliphatic rings. The van der Waals surface area contributed by atoms with E-state index in [-0.39, 0.29) is 5.63 Å². The molecular weight excluding hydrogens is 352 g/mol. The molecule has 0 amide bonds. The van der Waals surface area contributed by atoms with E-state index >= 15 is 0 Å². The molecule has 2 heterocycles. The van der Waals surface area contributed by atoms with Gasteiger partial charge in [0, 0.05) is 25.2 Å². The Balaban J connectivity index is 1.45. The van der Waals surface area contributed by atoms with E-state index < -0.39 is 0 Å². The van der Waals surface area contributed by atoms with Crippen molar-refractivity contribution in [3.05, 3.63) is 76.8 Å². The molecule has 0 radical (unpaired) electrons. The van der Waals surface area contributed by atoms with Crippen molar-refractivity contribution in [3.63, 3.8) is 0 Å². The van der Waals surface area contributed by atoms with Gasteiger partial charge in [-0.2, -0.15) is 0 Å². The highest BCUT2D eigenvalue weighted by Gasteiger charge is 2.19. The first-order valence-corrected chi connectivity index (χ1v) is 9.57. The summed E-state index contributed by atoms with van der Waals surface area (Å²) in [7, 11) is 1.63. The van der Waals surface area contributed by atoms with Crippen molar-refractivity contribution in [3.8, 4) is 5.75 Å². The van der Waals surface area contributed by atoms with Crippen LogP contribution >= 0.6 is 0 Å². The Morgan fingerprint density at radius 2 is 1.89 bits per heavy atom. The van der Waals surface area contributed by atoms with Gasteiger partial charge >= 0.3 is 5.63 Å². The third-order valence-corrected chi connectivity index (χ3v) is 5.12. The minimum absolute atomic E-state index is 0.302. The molecule has 28 heavy (non-hydrogen) atoms. The fourth-order valence-electron chi connectivity index (χ4n) is 3.64. The normalized spacial score (nSPS) is 15.2. The second-order valence-electron chi connectivity index (χ2n) is 6.99. The number of rotatable bonds is 5. The highest BCUT2D eigenvalue weighted by molar-refractivity contribution is 5.95. The van der Waals surface area contributed by atoms with Crippen molar-refractivity contribution in [1.82, 2.24) is 4.90 Å². The van der Waals surface area contributed by atoms with E-state index in [1.807, 2.05) is 30.3 Å². The molecule has 0 bridgehead atoms. The Bertz CT molecular complexity index is 1020. The lowest BCUT2D eigenvalue weighted by Crippen LogP contribution is -2.36. The van der Waals surface area contributed by atoms with Crippen molar-refractivity contribution in [2.45, 2.75) is 18.9 Å². The number of fused-ring (bicyclic) bond motifs is 1. The molecule has 2 aromatic carbocycles. The molecule has 0 unspecified atom stereocenters. The Kier molecular flexibility index (Phi) is 5.33. The first-order chi connectivity index (χ1) is 13.7. The van der Waals surface area contributed by atoms with Gasteiger partial charge in [-0.1, -0.05) is 36.4 Å². The number of likely N-dealkylation sites (tertiary alicyclic amines) is 1. The van der Waals surface area contributed by atoms with Crippen LogP contribution < -0.4 is 15.7 Å². The van der Waals surface area contributed by atoms with Crippen LogP contribution in [0.5, 0.6) is 5.75 Å². The summed E-state index contributed by atoms with van der Waals surface area (Å²) in [6.45, 7) is 1.94. The third kappa shape index (κ3) is 4.03. The maximum absolute atomic E-state index is 12.0. The van der Waals surface area contributed by atoms with Crippen LogP contribution in [0.15, 0.2) is 70.0 Å². The fraction of sp³-hybridized carbons (Fsp3) is 0.261. The van der Waals surface area contributed by atoms with E-state index in [1.54, 1.807) is 13.2 Å². The minimum atomic E-state index is -0.355. The van der Waals surface area contributed by atoms with E-state index in [0.29, 0.717) is 17.4 Å². The topological polar surface area (TPSA) is 54.7 Å². The number of ether oxygens (including phenoxy) is 1. The molecule has 1 saturated heterocycles. The second kappa shape index (κ2) is 8.21. The third-order valence-electron chi connectivity index (χ3n) is 5.12. The number of hydrogen-bond acceptors (Lipinski definition) is 5. The van der Waals surface area contributed by atoms with Crippen molar-refractivity contribution < 1.29 is 9.15 Å². The molecule has 3 aromatic rings. The average Bonchev–Trinajstić information content (AvgIpc) is 2.73. The predicted molar refractivity (Wildman–Crippen MR) is 113 cm³/mol. The Morgan fingerprint density at radius 1 is 1.11 bits per heavy atom. The molecule has 1 aliphatic heterocycles. The lowest BCUT2D eigenvalue weighted by molar-refractivity contribution is 0.295. The summed E-state index contributed by atoms with van der Waals surface area (Å²) in [5, 5.41) is 4.36. The lowest BCUT2D eigenvalue weighted by Gasteiger charge is -2.32. The minimum Gasteiger partial charge on any atom is -0.496 e. The fourth-order valence-corrected chi connectivity index (χ4v) is 3.64. The molecular formula is C23H24N2O3. The van der Waals surface area contributed by atoms with Crippen molar-refractivity contribution in [2.24, 2.45) is 0 Å². The van der Waals surface area contributed by atoms with Crippen LogP contribution in [0, 0.1) is 0 Å². The van der Waals surface area contributed by atoms with Crippen molar-refractivity contribution in [1.29, 1.82) is 0 Å². The smallest absolute Gasteiger partial charge is 0.338 e. The van der Waals surface area contributed by atoms with Gasteiger partial charge in [0.1, 0.15) is 11.3 Å². The van der Waals surface area contributed by atoms with Gasteiger partial charge in [0.15, 0.2) is 0 Å². The van der Waals surface area contributed by atoms with Gasteiger partial charge in [-0.3, -0.25) is 0 Å². The van der Waals surface area contributed by atoms with E-state index in [2.05, 4.69) is 34.6 Å².